The van der Waals surface area contributed by atoms with Crippen molar-refractivity contribution in [3.8, 4) is 0 Å². The highest BCUT2D eigenvalue weighted by atomic mass is 16.3. The van der Waals surface area contributed by atoms with Gasteiger partial charge in [-0.3, -0.25) is 0 Å². The number of aliphatic hydroxyl groups excluding tert-OH is 1. The van der Waals surface area contributed by atoms with E-state index in [4.69, 9.17) is 0 Å². The molecule has 3 fully saturated rings. The van der Waals surface area contributed by atoms with E-state index >= 15 is 0 Å². The fourth-order valence-corrected chi connectivity index (χ4v) is 5.34. The zero-order valence-corrected chi connectivity index (χ0v) is 12.2. The molecule has 0 aromatic carbocycles. The van der Waals surface area contributed by atoms with Gasteiger partial charge >= 0.3 is 0 Å². The van der Waals surface area contributed by atoms with E-state index in [0.717, 1.165) is 18.9 Å². The Morgan fingerprint density at radius 2 is 1.94 bits per heavy atom. The van der Waals surface area contributed by atoms with Gasteiger partial charge in [0.2, 0.25) is 0 Å². The van der Waals surface area contributed by atoms with Gasteiger partial charge in [-0.05, 0) is 54.8 Å². The number of rotatable bonds is 3. The molecule has 0 amide bonds. The van der Waals surface area contributed by atoms with Gasteiger partial charge in [-0.25, -0.2) is 0 Å². The second kappa shape index (κ2) is 4.21. The van der Waals surface area contributed by atoms with Crippen LogP contribution in [-0.4, -0.2) is 23.8 Å². The Balaban J connectivity index is 1.65. The summed E-state index contributed by atoms with van der Waals surface area (Å²) in [6, 6.07) is 0.650. The van der Waals surface area contributed by atoms with E-state index in [0.29, 0.717) is 22.8 Å². The van der Waals surface area contributed by atoms with Crippen molar-refractivity contribution in [2.45, 2.75) is 71.4 Å². The zero-order valence-electron chi connectivity index (χ0n) is 12.2. The van der Waals surface area contributed by atoms with E-state index in [1.54, 1.807) is 0 Å². The van der Waals surface area contributed by atoms with Crippen LogP contribution < -0.4 is 5.32 Å². The van der Waals surface area contributed by atoms with Crippen LogP contribution in [0, 0.1) is 22.7 Å². The third kappa shape index (κ3) is 1.84. The molecule has 3 saturated carbocycles. The van der Waals surface area contributed by atoms with Gasteiger partial charge in [0.05, 0.1) is 6.10 Å². The fraction of sp³-hybridized carbons (Fsp3) is 1.00. The number of nitrogens with one attached hydrogen (secondary N) is 1. The highest BCUT2D eigenvalue weighted by Crippen LogP contribution is 2.62. The molecule has 3 unspecified atom stereocenters. The Hall–Kier alpha value is -0.0800. The Labute approximate surface area is 112 Å². The summed E-state index contributed by atoms with van der Waals surface area (Å²) < 4.78 is 0. The predicted molar refractivity (Wildman–Crippen MR) is 74.4 cm³/mol. The minimum absolute atomic E-state index is 0.0491. The molecule has 2 heteroatoms. The van der Waals surface area contributed by atoms with Crippen LogP contribution in [0.15, 0.2) is 0 Å². The maximum absolute atomic E-state index is 9.95. The molecule has 0 heterocycles. The van der Waals surface area contributed by atoms with Crippen molar-refractivity contribution in [2.75, 3.05) is 6.54 Å². The van der Waals surface area contributed by atoms with E-state index in [-0.39, 0.29) is 6.10 Å². The van der Waals surface area contributed by atoms with Crippen molar-refractivity contribution in [3.63, 3.8) is 0 Å². The molecule has 5 atom stereocenters. The summed E-state index contributed by atoms with van der Waals surface area (Å²) in [5.41, 5.74) is 0.953. The molecule has 0 aromatic heterocycles. The molecule has 2 N–H and O–H groups in total. The molecule has 0 aliphatic heterocycles. The number of fused-ring (bicyclic) bond motifs is 2. The van der Waals surface area contributed by atoms with Crippen molar-refractivity contribution in [1.29, 1.82) is 0 Å². The fourth-order valence-electron chi connectivity index (χ4n) is 5.34. The number of aliphatic hydroxyl groups is 1. The molecule has 0 radical (unpaired) electrons. The summed E-state index contributed by atoms with van der Waals surface area (Å²) >= 11 is 0. The van der Waals surface area contributed by atoms with Crippen LogP contribution >= 0.6 is 0 Å². The lowest BCUT2D eigenvalue weighted by Gasteiger charge is -2.44. The Morgan fingerprint density at radius 1 is 1.17 bits per heavy atom. The average molecular weight is 251 g/mol. The second-order valence-electron chi connectivity index (χ2n) is 8.01. The van der Waals surface area contributed by atoms with Crippen LogP contribution in [0.25, 0.3) is 0 Å². The van der Waals surface area contributed by atoms with Crippen LogP contribution in [0.2, 0.25) is 0 Å². The maximum atomic E-state index is 9.95. The summed E-state index contributed by atoms with van der Waals surface area (Å²) in [4.78, 5) is 0. The highest BCUT2D eigenvalue weighted by Gasteiger charge is 2.59. The summed E-state index contributed by atoms with van der Waals surface area (Å²) in [6.45, 7) is 8.40. The van der Waals surface area contributed by atoms with Crippen molar-refractivity contribution in [2.24, 2.45) is 22.7 Å². The maximum Gasteiger partial charge on any atom is 0.0580 e. The molecule has 3 aliphatic carbocycles. The Morgan fingerprint density at radius 3 is 2.50 bits per heavy atom. The van der Waals surface area contributed by atoms with E-state index in [1.807, 2.05) is 0 Å². The van der Waals surface area contributed by atoms with Gasteiger partial charge < -0.3 is 10.4 Å². The minimum Gasteiger partial charge on any atom is -0.393 e. The van der Waals surface area contributed by atoms with E-state index < -0.39 is 0 Å². The van der Waals surface area contributed by atoms with Crippen molar-refractivity contribution in [3.05, 3.63) is 0 Å². The number of hydrogen-bond acceptors (Lipinski definition) is 2. The van der Waals surface area contributed by atoms with E-state index in [1.165, 1.54) is 32.1 Å². The second-order valence-corrected chi connectivity index (χ2v) is 8.01. The molecule has 18 heavy (non-hydrogen) atoms. The third-order valence-electron chi connectivity index (χ3n) is 6.47. The summed E-state index contributed by atoms with van der Waals surface area (Å²) in [5, 5.41) is 13.8. The average Bonchev–Trinajstić information content (AvgIpc) is 2.90. The molecule has 104 valence electrons. The summed E-state index contributed by atoms with van der Waals surface area (Å²) in [5.74, 6) is 1.41. The van der Waals surface area contributed by atoms with Crippen LogP contribution in [0.3, 0.4) is 0 Å². The normalized spacial score (nSPS) is 50.0. The Kier molecular flexibility index (Phi) is 3.02. The Bertz CT molecular complexity index is 322. The molecule has 2 nitrogen and oxygen atoms in total. The smallest absolute Gasteiger partial charge is 0.0580 e. The van der Waals surface area contributed by atoms with E-state index in [9.17, 15) is 5.11 Å². The first-order valence-corrected chi connectivity index (χ1v) is 7.85. The molecule has 0 aromatic rings. The lowest BCUT2D eigenvalue weighted by molar-refractivity contribution is 0.0867. The lowest BCUT2D eigenvalue weighted by atomic mass is 9.68. The summed E-state index contributed by atoms with van der Waals surface area (Å²) in [7, 11) is 0. The van der Waals surface area contributed by atoms with Gasteiger partial charge in [-0.2, -0.15) is 0 Å². The molecule has 2 bridgehead atoms. The van der Waals surface area contributed by atoms with Gasteiger partial charge in [0.15, 0.2) is 0 Å². The monoisotopic (exact) mass is 251 g/mol. The predicted octanol–water partition coefficient (Wildman–Crippen LogP) is 2.95. The third-order valence-corrected chi connectivity index (χ3v) is 6.47. The van der Waals surface area contributed by atoms with Gasteiger partial charge in [0.1, 0.15) is 0 Å². The molecule has 3 aliphatic rings. The van der Waals surface area contributed by atoms with Crippen molar-refractivity contribution >= 4 is 0 Å². The standard InChI is InChI=1S/C16H29NO/c1-15(2)12-7-8-16(3,9-12)14(15)17-10-11-5-4-6-13(11)18/h11-14,17-18H,4-10H2,1-3H3/t11?,12-,13?,14?,16+/m0/s1. The van der Waals surface area contributed by atoms with Crippen molar-refractivity contribution < 1.29 is 5.11 Å². The van der Waals surface area contributed by atoms with Crippen LogP contribution in [0.5, 0.6) is 0 Å². The van der Waals surface area contributed by atoms with Crippen LogP contribution in [0.4, 0.5) is 0 Å². The SMILES string of the molecule is CC1(C)C(NCC2CCCC2O)[C@]2(C)CC[C@H]1C2. The van der Waals surface area contributed by atoms with Gasteiger partial charge in [-0.15, -0.1) is 0 Å². The van der Waals surface area contributed by atoms with Gasteiger partial charge in [0.25, 0.3) is 0 Å². The van der Waals surface area contributed by atoms with Gasteiger partial charge in [0, 0.05) is 12.6 Å². The van der Waals surface area contributed by atoms with Crippen LogP contribution in [-0.2, 0) is 0 Å². The zero-order chi connectivity index (χ0) is 13.0. The van der Waals surface area contributed by atoms with Crippen LogP contribution in [0.1, 0.15) is 59.3 Å². The summed E-state index contributed by atoms with van der Waals surface area (Å²) in [6.07, 6.45) is 7.61. The molecule has 0 saturated heterocycles. The largest absolute Gasteiger partial charge is 0.393 e. The molecule has 0 spiro atoms. The first kappa shape index (κ1) is 12.9. The number of hydrogen-bond donors (Lipinski definition) is 2. The minimum atomic E-state index is -0.0491. The molecular weight excluding hydrogens is 222 g/mol. The molecular formula is C16H29NO. The first-order chi connectivity index (χ1) is 8.43. The van der Waals surface area contributed by atoms with Crippen molar-refractivity contribution in [1.82, 2.24) is 5.32 Å². The quantitative estimate of drug-likeness (QED) is 0.808. The molecule has 3 rings (SSSR count). The first-order valence-electron chi connectivity index (χ1n) is 7.85. The highest BCUT2D eigenvalue weighted by molar-refractivity contribution is 5.12. The topological polar surface area (TPSA) is 32.3 Å². The van der Waals surface area contributed by atoms with Gasteiger partial charge in [-0.1, -0.05) is 27.2 Å². The lowest BCUT2D eigenvalue weighted by Crippen LogP contribution is -2.51. The van der Waals surface area contributed by atoms with E-state index in [2.05, 4.69) is 26.1 Å².